The van der Waals surface area contributed by atoms with Gasteiger partial charge in [0, 0.05) is 11.3 Å². The van der Waals surface area contributed by atoms with Crippen molar-refractivity contribution in [1.82, 2.24) is 10.4 Å². The van der Waals surface area contributed by atoms with Gasteiger partial charge in [-0.25, -0.2) is 5.01 Å². The van der Waals surface area contributed by atoms with E-state index < -0.39 is 17.8 Å². The summed E-state index contributed by atoms with van der Waals surface area (Å²) in [5.74, 6) is 0.211. The predicted octanol–water partition coefficient (Wildman–Crippen LogP) is 3.39. The van der Waals surface area contributed by atoms with Gasteiger partial charge in [0.2, 0.25) is 0 Å². The van der Waals surface area contributed by atoms with E-state index in [2.05, 4.69) is 5.43 Å². The third-order valence-electron chi connectivity index (χ3n) is 4.31. The molecule has 0 saturated carbocycles. The van der Waals surface area contributed by atoms with Crippen LogP contribution in [0.5, 0.6) is 11.5 Å². The first-order chi connectivity index (χ1) is 13.6. The fraction of sp³-hybridized carbons (Fsp3) is 0.250. The Bertz CT molecular complexity index is 928. The van der Waals surface area contributed by atoms with E-state index in [0.717, 1.165) is 0 Å². The molecule has 6 nitrogen and oxygen atoms in total. The van der Waals surface area contributed by atoms with E-state index in [4.69, 9.17) is 9.47 Å². The lowest BCUT2D eigenvalue weighted by Gasteiger charge is -2.33. The van der Waals surface area contributed by atoms with Crippen molar-refractivity contribution in [3.63, 3.8) is 0 Å². The van der Waals surface area contributed by atoms with Gasteiger partial charge in [-0.2, -0.15) is 13.2 Å². The molecule has 29 heavy (non-hydrogen) atoms. The Labute approximate surface area is 165 Å². The zero-order valence-electron chi connectivity index (χ0n) is 15.7. The summed E-state index contributed by atoms with van der Waals surface area (Å²) in [5, 5.41) is 10.2. The van der Waals surface area contributed by atoms with Crippen molar-refractivity contribution in [3.05, 3.63) is 71.4 Å². The zero-order valence-corrected chi connectivity index (χ0v) is 15.7. The van der Waals surface area contributed by atoms with E-state index in [9.17, 15) is 23.1 Å². The number of aliphatic hydroxyl groups is 1. The highest BCUT2D eigenvalue weighted by molar-refractivity contribution is 5.95. The molecule has 154 valence electrons. The number of halogens is 3. The summed E-state index contributed by atoms with van der Waals surface area (Å²) >= 11 is 0. The Morgan fingerprint density at radius 2 is 1.83 bits per heavy atom. The maximum atomic E-state index is 13.3. The summed E-state index contributed by atoms with van der Waals surface area (Å²) in [7, 11) is 1.55. The van der Waals surface area contributed by atoms with Gasteiger partial charge in [-0.05, 0) is 55.0 Å². The molecule has 0 saturated heterocycles. The Balaban J connectivity index is 1.75. The highest BCUT2D eigenvalue weighted by Gasteiger charge is 2.61. The van der Waals surface area contributed by atoms with Crippen molar-refractivity contribution in [1.29, 1.82) is 0 Å². The second-order valence-electron chi connectivity index (χ2n) is 6.47. The minimum absolute atomic E-state index is 0.0113. The van der Waals surface area contributed by atoms with Crippen molar-refractivity contribution in [2.75, 3.05) is 7.11 Å². The summed E-state index contributed by atoms with van der Waals surface area (Å²) in [4.78, 5) is 12.7. The molecule has 0 radical (unpaired) electrons. The van der Waals surface area contributed by atoms with Crippen LogP contribution in [0.1, 0.15) is 22.8 Å². The average Bonchev–Trinajstić information content (AvgIpc) is 3.02. The molecule has 1 amide bonds. The normalized spacial score (nSPS) is 18.8. The molecule has 2 N–H and O–H groups in total. The topological polar surface area (TPSA) is 71.0 Å². The van der Waals surface area contributed by atoms with Crippen molar-refractivity contribution in [2.45, 2.75) is 25.4 Å². The number of hydrazine groups is 1. The van der Waals surface area contributed by atoms with Gasteiger partial charge in [-0.15, -0.1) is 0 Å². The number of alkyl halides is 3. The number of hydrogen-bond donors (Lipinski definition) is 2. The van der Waals surface area contributed by atoms with Gasteiger partial charge >= 0.3 is 6.18 Å². The van der Waals surface area contributed by atoms with Crippen LogP contribution >= 0.6 is 0 Å². The van der Waals surface area contributed by atoms with Gasteiger partial charge in [0.15, 0.2) is 0 Å². The molecule has 3 rings (SSSR count). The second-order valence-corrected chi connectivity index (χ2v) is 6.47. The number of ether oxygens (including phenoxy) is 2. The number of allylic oxidation sites excluding steroid dienone is 1. The first-order valence-corrected chi connectivity index (χ1v) is 8.59. The lowest BCUT2D eigenvalue weighted by molar-refractivity contribution is -0.283. The minimum Gasteiger partial charge on any atom is -0.497 e. The number of amides is 1. The number of hydrogen-bond acceptors (Lipinski definition) is 5. The van der Waals surface area contributed by atoms with E-state index in [0.29, 0.717) is 23.1 Å². The molecule has 0 fully saturated rings. The number of nitrogens with zero attached hydrogens (tertiary/aromatic N) is 1. The molecule has 9 heteroatoms. The molecular formula is C20H19F3N2O4. The maximum Gasteiger partial charge on any atom is 0.442 e. The molecule has 2 aromatic rings. The van der Waals surface area contributed by atoms with E-state index in [1.807, 2.05) is 0 Å². The van der Waals surface area contributed by atoms with E-state index in [-0.39, 0.29) is 22.9 Å². The van der Waals surface area contributed by atoms with Gasteiger partial charge in [0.25, 0.3) is 11.6 Å². The first-order valence-electron chi connectivity index (χ1n) is 8.59. The van der Waals surface area contributed by atoms with Crippen LogP contribution in [0.25, 0.3) is 0 Å². The van der Waals surface area contributed by atoms with Gasteiger partial charge < -0.3 is 14.6 Å². The van der Waals surface area contributed by atoms with E-state index >= 15 is 0 Å². The highest BCUT2D eigenvalue weighted by atomic mass is 19.4. The van der Waals surface area contributed by atoms with Gasteiger partial charge in [0.05, 0.1) is 7.11 Å². The summed E-state index contributed by atoms with van der Waals surface area (Å²) in [6.45, 7) is 1.42. The SMILES string of the molecule is COc1ccc(OCc2cccc(C(=O)N3NC(C)=CC3(O)C(F)(F)F)c2)cc1. The quantitative estimate of drug-likeness (QED) is 0.794. The highest BCUT2D eigenvalue weighted by Crippen LogP contribution is 2.38. The van der Waals surface area contributed by atoms with Crippen LogP contribution in [0.2, 0.25) is 0 Å². The van der Waals surface area contributed by atoms with Crippen molar-refractivity contribution in [2.24, 2.45) is 0 Å². The third-order valence-corrected chi connectivity index (χ3v) is 4.31. The fourth-order valence-corrected chi connectivity index (χ4v) is 2.84. The lowest BCUT2D eigenvalue weighted by Crippen LogP contribution is -2.60. The molecule has 1 heterocycles. The largest absolute Gasteiger partial charge is 0.497 e. The van der Waals surface area contributed by atoms with Gasteiger partial charge in [0.1, 0.15) is 18.1 Å². The van der Waals surface area contributed by atoms with Crippen LogP contribution in [-0.4, -0.2) is 35.0 Å². The Hall–Kier alpha value is -3.20. The number of carbonyl (C=O) groups is 1. The van der Waals surface area contributed by atoms with Crippen molar-refractivity contribution < 1.29 is 32.5 Å². The van der Waals surface area contributed by atoms with E-state index in [1.54, 1.807) is 37.4 Å². The van der Waals surface area contributed by atoms with E-state index in [1.165, 1.54) is 25.1 Å². The maximum absolute atomic E-state index is 13.3. The summed E-state index contributed by atoms with van der Waals surface area (Å²) in [5.41, 5.74) is -0.600. The smallest absolute Gasteiger partial charge is 0.442 e. The number of nitrogens with one attached hydrogen (secondary N) is 1. The molecule has 0 bridgehead atoms. The fourth-order valence-electron chi connectivity index (χ4n) is 2.84. The van der Waals surface area contributed by atoms with Gasteiger partial charge in [-0.1, -0.05) is 12.1 Å². The van der Waals surface area contributed by atoms with Crippen LogP contribution in [0.15, 0.2) is 60.3 Å². The van der Waals surface area contributed by atoms with Crippen LogP contribution < -0.4 is 14.9 Å². The number of methoxy groups -OCH3 is 1. The van der Waals surface area contributed by atoms with Crippen LogP contribution in [0.4, 0.5) is 13.2 Å². The van der Waals surface area contributed by atoms with Crippen LogP contribution in [0.3, 0.4) is 0 Å². The number of carbonyl (C=O) groups excluding carboxylic acids is 1. The molecule has 2 aromatic carbocycles. The van der Waals surface area contributed by atoms with Crippen LogP contribution in [-0.2, 0) is 6.61 Å². The number of benzene rings is 2. The number of rotatable bonds is 5. The predicted molar refractivity (Wildman–Crippen MR) is 97.8 cm³/mol. The average molecular weight is 408 g/mol. The summed E-state index contributed by atoms with van der Waals surface area (Å²) in [6.07, 6.45) is -4.51. The Kier molecular flexibility index (Phi) is 5.43. The molecule has 1 aliphatic heterocycles. The molecule has 0 aromatic heterocycles. The first kappa shape index (κ1) is 20.5. The molecule has 1 aliphatic rings. The standard InChI is InChI=1S/C20H19F3N2O4/c1-13-11-19(27,20(21,22)23)25(24-13)18(26)15-5-3-4-14(10-15)12-29-17-8-6-16(28-2)7-9-17/h3-11,24,27H,12H2,1-2H3. The Morgan fingerprint density at radius 3 is 2.45 bits per heavy atom. The molecule has 1 unspecified atom stereocenters. The monoisotopic (exact) mass is 408 g/mol. The van der Waals surface area contributed by atoms with Gasteiger partial charge in [-0.3, -0.25) is 10.2 Å². The van der Waals surface area contributed by atoms with Crippen molar-refractivity contribution >= 4 is 5.91 Å². The summed E-state index contributed by atoms with van der Waals surface area (Å²) < 4.78 is 50.7. The van der Waals surface area contributed by atoms with Crippen molar-refractivity contribution in [3.8, 4) is 11.5 Å². The molecular weight excluding hydrogens is 389 g/mol. The third kappa shape index (κ3) is 4.14. The molecule has 0 aliphatic carbocycles. The molecule has 1 atom stereocenters. The zero-order chi connectivity index (χ0) is 21.2. The lowest BCUT2D eigenvalue weighted by atomic mass is 10.1. The Morgan fingerprint density at radius 1 is 1.17 bits per heavy atom. The second kappa shape index (κ2) is 7.67. The molecule has 0 spiro atoms. The minimum atomic E-state index is -5.07. The summed E-state index contributed by atoms with van der Waals surface area (Å²) in [6, 6.07) is 12.9. The van der Waals surface area contributed by atoms with Crippen LogP contribution in [0, 0.1) is 0 Å².